The number of hydrogen-bond acceptors (Lipinski definition) is 5. The smallest absolute Gasteiger partial charge is 0.246 e. The highest BCUT2D eigenvalue weighted by molar-refractivity contribution is 7.71. The first-order chi connectivity index (χ1) is 15.5. The molecule has 0 aliphatic heterocycles. The van der Waals surface area contributed by atoms with Gasteiger partial charge in [0.25, 0.3) is 0 Å². The van der Waals surface area contributed by atoms with Crippen LogP contribution in [-0.2, 0) is 11.3 Å². The van der Waals surface area contributed by atoms with Crippen LogP contribution in [-0.4, -0.2) is 39.3 Å². The Labute approximate surface area is 190 Å². The summed E-state index contributed by atoms with van der Waals surface area (Å²) in [6.07, 6.45) is 3.73. The second-order valence-electron chi connectivity index (χ2n) is 7.12. The Balaban J connectivity index is 1.70. The predicted octanol–water partition coefficient (Wildman–Crippen LogP) is 4.16. The van der Waals surface area contributed by atoms with Crippen molar-refractivity contribution < 1.29 is 14.3 Å². The molecule has 4 rings (SSSR count). The molecule has 0 aliphatic rings. The van der Waals surface area contributed by atoms with Gasteiger partial charge >= 0.3 is 0 Å². The number of nitrogens with one attached hydrogen (secondary N) is 1. The second-order valence-corrected chi connectivity index (χ2v) is 7.49. The van der Waals surface area contributed by atoms with E-state index >= 15 is 0 Å². The maximum Gasteiger partial charge on any atom is 0.246 e. The Bertz CT molecular complexity index is 1310. The first-order valence-corrected chi connectivity index (χ1v) is 10.3. The normalized spacial score (nSPS) is 10.7. The van der Waals surface area contributed by atoms with E-state index in [1.807, 2.05) is 78.6 Å². The predicted molar refractivity (Wildman–Crippen MR) is 125 cm³/mol. The monoisotopic (exact) mass is 449 g/mol. The van der Waals surface area contributed by atoms with Crippen LogP contribution in [0.5, 0.6) is 11.5 Å². The average molecular weight is 450 g/mol. The number of aryl methyl sites for hydroxylation is 1. The minimum Gasteiger partial charge on any atom is -0.497 e. The summed E-state index contributed by atoms with van der Waals surface area (Å²) in [6.45, 7) is 1.89. The quantitative estimate of drug-likeness (QED) is 0.429. The molecule has 4 aromatic rings. The third-order valence-electron chi connectivity index (χ3n) is 4.89. The topological polar surface area (TPSA) is 75.2 Å². The standard InChI is InChI=1S/C23H23N5O3S/c1-16-9-10-20(31-3)19(13-16)24-21(29)15-27-23(32)28(26-11-4-5-12-26)22(25-27)17-7-6-8-18(14-17)30-2/h4-14H,15H2,1-3H3,(H,24,29). The first-order valence-electron chi connectivity index (χ1n) is 9.92. The zero-order chi connectivity index (χ0) is 22.7. The van der Waals surface area contributed by atoms with Crippen molar-refractivity contribution in [3.63, 3.8) is 0 Å². The van der Waals surface area contributed by atoms with Gasteiger partial charge < -0.3 is 14.8 Å². The highest BCUT2D eigenvalue weighted by Crippen LogP contribution is 2.26. The minimum absolute atomic E-state index is 0.0544. The summed E-state index contributed by atoms with van der Waals surface area (Å²) in [7, 11) is 3.18. The molecule has 0 radical (unpaired) electrons. The van der Waals surface area contributed by atoms with Crippen LogP contribution in [0.1, 0.15) is 5.56 Å². The third kappa shape index (κ3) is 4.28. The van der Waals surface area contributed by atoms with Crippen LogP contribution in [0.2, 0.25) is 0 Å². The fourth-order valence-electron chi connectivity index (χ4n) is 3.36. The maximum absolute atomic E-state index is 12.8. The van der Waals surface area contributed by atoms with E-state index in [9.17, 15) is 4.79 Å². The van der Waals surface area contributed by atoms with Gasteiger partial charge in [0.2, 0.25) is 10.7 Å². The number of methoxy groups -OCH3 is 2. The Hall–Kier alpha value is -3.85. The van der Waals surface area contributed by atoms with E-state index in [4.69, 9.17) is 21.7 Å². The van der Waals surface area contributed by atoms with Gasteiger partial charge in [0.1, 0.15) is 18.0 Å². The zero-order valence-electron chi connectivity index (χ0n) is 18.0. The summed E-state index contributed by atoms with van der Waals surface area (Å²) in [5, 5.41) is 7.55. The number of amides is 1. The van der Waals surface area contributed by atoms with Crippen LogP contribution in [0.15, 0.2) is 67.0 Å². The fourth-order valence-corrected chi connectivity index (χ4v) is 3.64. The van der Waals surface area contributed by atoms with Crippen molar-refractivity contribution in [2.75, 3.05) is 19.5 Å². The van der Waals surface area contributed by atoms with Crippen LogP contribution >= 0.6 is 12.2 Å². The molecule has 2 heterocycles. The first kappa shape index (κ1) is 21.4. The third-order valence-corrected chi connectivity index (χ3v) is 5.27. The van der Waals surface area contributed by atoms with Crippen LogP contribution < -0.4 is 14.8 Å². The van der Waals surface area contributed by atoms with E-state index in [0.29, 0.717) is 27.8 Å². The average Bonchev–Trinajstić information content (AvgIpc) is 3.42. The van der Waals surface area contributed by atoms with Crippen molar-refractivity contribution in [1.82, 2.24) is 19.1 Å². The molecule has 1 amide bonds. The van der Waals surface area contributed by atoms with Crippen LogP contribution in [0.4, 0.5) is 5.69 Å². The molecule has 0 aliphatic carbocycles. The fraction of sp³-hybridized carbons (Fsp3) is 0.174. The van der Waals surface area contributed by atoms with Crippen LogP contribution in [0.25, 0.3) is 11.4 Å². The summed E-state index contributed by atoms with van der Waals surface area (Å²) >= 11 is 5.68. The Morgan fingerprint density at radius 1 is 1.06 bits per heavy atom. The van der Waals surface area contributed by atoms with Crippen molar-refractivity contribution in [2.45, 2.75) is 13.5 Å². The molecule has 0 unspecified atom stereocenters. The van der Waals surface area contributed by atoms with Crippen molar-refractivity contribution in [3.05, 3.63) is 77.3 Å². The molecule has 0 bridgehead atoms. The molecule has 0 saturated carbocycles. The maximum atomic E-state index is 12.8. The molecular weight excluding hydrogens is 426 g/mol. The number of carbonyl (C=O) groups is 1. The van der Waals surface area contributed by atoms with Gasteiger partial charge in [0.15, 0.2) is 5.82 Å². The van der Waals surface area contributed by atoms with Gasteiger partial charge in [0, 0.05) is 18.0 Å². The Morgan fingerprint density at radius 3 is 2.56 bits per heavy atom. The van der Waals surface area contributed by atoms with Crippen molar-refractivity contribution in [3.8, 4) is 22.9 Å². The number of benzene rings is 2. The van der Waals surface area contributed by atoms with Crippen LogP contribution in [0, 0.1) is 11.7 Å². The Morgan fingerprint density at radius 2 is 1.84 bits per heavy atom. The van der Waals surface area contributed by atoms with Crippen molar-refractivity contribution >= 4 is 23.8 Å². The van der Waals surface area contributed by atoms with E-state index in [1.165, 1.54) is 4.68 Å². The number of aromatic nitrogens is 4. The number of ether oxygens (including phenoxy) is 2. The van der Waals surface area contributed by atoms with E-state index in [0.717, 1.165) is 11.1 Å². The highest BCUT2D eigenvalue weighted by Gasteiger charge is 2.17. The largest absolute Gasteiger partial charge is 0.497 e. The van der Waals surface area contributed by atoms with Crippen molar-refractivity contribution in [2.24, 2.45) is 0 Å². The van der Waals surface area contributed by atoms with Crippen LogP contribution in [0.3, 0.4) is 0 Å². The molecule has 164 valence electrons. The zero-order valence-corrected chi connectivity index (χ0v) is 18.8. The summed E-state index contributed by atoms with van der Waals surface area (Å²) < 4.78 is 16.2. The number of rotatable bonds is 7. The number of carbonyl (C=O) groups excluding carboxylic acids is 1. The summed E-state index contributed by atoms with van der Waals surface area (Å²) in [5.41, 5.74) is 2.42. The number of hydrogen-bond donors (Lipinski definition) is 1. The van der Waals surface area contributed by atoms with Gasteiger partial charge in [-0.05, 0) is 61.1 Å². The van der Waals surface area contributed by atoms with E-state index in [2.05, 4.69) is 10.4 Å². The van der Waals surface area contributed by atoms with Gasteiger partial charge in [-0.25, -0.2) is 9.36 Å². The van der Waals surface area contributed by atoms with Gasteiger partial charge in [-0.2, -0.15) is 0 Å². The number of nitrogens with zero attached hydrogens (tertiary/aromatic N) is 4. The molecule has 2 aromatic carbocycles. The summed E-state index contributed by atoms with van der Waals surface area (Å²) in [6, 6.07) is 16.9. The molecule has 32 heavy (non-hydrogen) atoms. The molecule has 0 atom stereocenters. The molecule has 1 N–H and O–H groups in total. The van der Waals surface area contributed by atoms with E-state index in [-0.39, 0.29) is 12.5 Å². The molecule has 9 heteroatoms. The molecule has 0 saturated heterocycles. The molecule has 0 spiro atoms. The molecular formula is C23H23N5O3S. The molecule has 2 aromatic heterocycles. The van der Waals surface area contributed by atoms with E-state index in [1.54, 1.807) is 18.9 Å². The molecule has 8 nitrogen and oxygen atoms in total. The lowest BCUT2D eigenvalue weighted by Gasteiger charge is -2.11. The van der Waals surface area contributed by atoms with Crippen molar-refractivity contribution in [1.29, 1.82) is 0 Å². The number of anilines is 1. The molecule has 0 fully saturated rings. The lowest BCUT2D eigenvalue weighted by molar-refractivity contribution is -0.116. The summed E-state index contributed by atoms with van der Waals surface area (Å²) in [5.74, 6) is 1.61. The second kappa shape index (κ2) is 9.11. The van der Waals surface area contributed by atoms with E-state index < -0.39 is 0 Å². The van der Waals surface area contributed by atoms with Gasteiger partial charge in [-0.1, -0.05) is 18.2 Å². The van der Waals surface area contributed by atoms with Gasteiger partial charge in [0.05, 0.1) is 19.9 Å². The lowest BCUT2D eigenvalue weighted by atomic mass is 10.2. The lowest BCUT2D eigenvalue weighted by Crippen LogP contribution is -2.20. The highest BCUT2D eigenvalue weighted by atomic mass is 32.1. The Kier molecular flexibility index (Phi) is 6.09. The minimum atomic E-state index is -0.264. The SMILES string of the molecule is COc1cccc(-c2nn(CC(=O)Nc3cc(C)ccc3OC)c(=S)n2-n2cccc2)c1. The van der Waals surface area contributed by atoms with Gasteiger partial charge in [-0.15, -0.1) is 5.10 Å². The van der Waals surface area contributed by atoms with Gasteiger partial charge in [-0.3, -0.25) is 9.47 Å². The summed E-state index contributed by atoms with van der Waals surface area (Å²) in [4.78, 5) is 12.8.